The summed E-state index contributed by atoms with van der Waals surface area (Å²) in [6, 6.07) is 11.7. The molecule has 0 fully saturated rings. The molecule has 1 aromatic heterocycles. The van der Waals surface area contributed by atoms with Gasteiger partial charge in [0.05, 0.1) is 5.69 Å². The number of hydrogen-bond donors (Lipinski definition) is 2. The molecule has 2 aromatic carbocycles. The highest BCUT2D eigenvalue weighted by molar-refractivity contribution is 9.10. The van der Waals surface area contributed by atoms with Crippen molar-refractivity contribution in [3.63, 3.8) is 0 Å². The molecule has 2 N–H and O–H groups in total. The number of nitrogens with one attached hydrogen (secondary N) is 2. The van der Waals surface area contributed by atoms with E-state index < -0.39 is 0 Å². The number of aryl methyl sites for hydroxylation is 2. The van der Waals surface area contributed by atoms with E-state index in [0.29, 0.717) is 5.56 Å². The average Bonchev–Trinajstić information content (AvgIpc) is 2.89. The third-order valence-electron chi connectivity index (χ3n) is 3.49. The molecule has 0 aliphatic heterocycles. The number of carbonyl (C=O) groups excluding carboxylic acids is 1. The van der Waals surface area contributed by atoms with Gasteiger partial charge in [-0.05, 0) is 70.6 Å². The van der Waals surface area contributed by atoms with E-state index in [1.807, 2.05) is 50.4 Å². The van der Waals surface area contributed by atoms with E-state index in [1.165, 1.54) is 0 Å². The fraction of sp³-hybridized carbons (Fsp3) is 0.118. The van der Waals surface area contributed by atoms with Crippen LogP contribution in [0.25, 0.3) is 10.9 Å². The minimum Gasteiger partial charge on any atom is -0.361 e. The number of amides is 1. The summed E-state index contributed by atoms with van der Waals surface area (Å²) in [7, 11) is 0. The minimum absolute atomic E-state index is 0.112. The molecule has 0 saturated carbocycles. The smallest absolute Gasteiger partial charge is 0.255 e. The summed E-state index contributed by atoms with van der Waals surface area (Å²) in [5.41, 5.74) is 4.61. The van der Waals surface area contributed by atoms with E-state index in [9.17, 15) is 4.79 Å². The zero-order valence-corrected chi connectivity index (χ0v) is 13.4. The summed E-state index contributed by atoms with van der Waals surface area (Å²) in [6.45, 7) is 4.02. The maximum Gasteiger partial charge on any atom is 0.255 e. The average molecular weight is 343 g/mol. The number of rotatable bonds is 2. The first-order chi connectivity index (χ1) is 10.0. The maximum atomic E-state index is 12.4. The van der Waals surface area contributed by atoms with Gasteiger partial charge in [0.25, 0.3) is 5.91 Å². The molecule has 3 rings (SSSR count). The fourth-order valence-corrected chi connectivity index (χ4v) is 3.22. The van der Waals surface area contributed by atoms with Crippen molar-refractivity contribution in [2.75, 3.05) is 5.32 Å². The number of hydrogen-bond acceptors (Lipinski definition) is 1. The lowest BCUT2D eigenvalue weighted by molar-refractivity contribution is 0.102. The van der Waals surface area contributed by atoms with Crippen molar-refractivity contribution < 1.29 is 4.79 Å². The minimum atomic E-state index is -0.112. The molecular formula is C17H15BrN2O. The molecule has 0 unspecified atom stereocenters. The Morgan fingerprint density at radius 2 is 1.95 bits per heavy atom. The lowest BCUT2D eigenvalue weighted by atomic mass is 10.1. The Hall–Kier alpha value is -2.07. The lowest BCUT2D eigenvalue weighted by Crippen LogP contribution is -2.13. The van der Waals surface area contributed by atoms with Crippen molar-refractivity contribution in [1.82, 2.24) is 4.98 Å². The summed E-state index contributed by atoms with van der Waals surface area (Å²) in [6.07, 6.45) is 1.87. The first-order valence-corrected chi connectivity index (χ1v) is 7.49. The van der Waals surface area contributed by atoms with Crippen LogP contribution in [-0.2, 0) is 0 Å². The number of H-pyrrole nitrogens is 1. The van der Waals surface area contributed by atoms with Gasteiger partial charge in [0.1, 0.15) is 0 Å². The maximum absolute atomic E-state index is 12.4. The lowest BCUT2D eigenvalue weighted by Gasteiger charge is -2.12. The van der Waals surface area contributed by atoms with E-state index in [-0.39, 0.29) is 5.91 Å². The molecule has 1 amide bonds. The zero-order valence-electron chi connectivity index (χ0n) is 11.8. The number of carbonyl (C=O) groups is 1. The van der Waals surface area contributed by atoms with Crippen molar-refractivity contribution in [3.8, 4) is 0 Å². The van der Waals surface area contributed by atoms with E-state index in [0.717, 1.165) is 32.2 Å². The summed E-state index contributed by atoms with van der Waals surface area (Å²) in [4.78, 5) is 15.5. The van der Waals surface area contributed by atoms with Crippen LogP contribution in [0.1, 0.15) is 21.5 Å². The Morgan fingerprint density at radius 3 is 2.71 bits per heavy atom. The molecule has 0 aliphatic carbocycles. The van der Waals surface area contributed by atoms with Crippen molar-refractivity contribution in [1.29, 1.82) is 0 Å². The van der Waals surface area contributed by atoms with E-state index >= 15 is 0 Å². The molecule has 0 aliphatic rings. The number of anilines is 1. The molecule has 3 aromatic rings. The molecule has 0 saturated heterocycles. The molecule has 106 valence electrons. The molecule has 0 radical (unpaired) electrons. The van der Waals surface area contributed by atoms with Crippen molar-refractivity contribution in [2.24, 2.45) is 0 Å². The third kappa shape index (κ3) is 2.72. The molecule has 0 atom stereocenters. The van der Waals surface area contributed by atoms with E-state index in [2.05, 4.69) is 32.3 Å². The Morgan fingerprint density at radius 1 is 1.14 bits per heavy atom. The van der Waals surface area contributed by atoms with Crippen LogP contribution >= 0.6 is 15.9 Å². The van der Waals surface area contributed by atoms with Gasteiger partial charge in [-0.25, -0.2) is 0 Å². The Labute approximate surface area is 131 Å². The van der Waals surface area contributed by atoms with Gasteiger partial charge in [0.15, 0.2) is 0 Å². The molecule has 0 bridgehead atoms. The predicted octanol–water partition coefficient (Wildman–Crippen LogP) is 4.80. The highest BCUT2D eigenvalue weighted by atomic mass is 79.9. The molecule has 0 spiro atoms. The SMILES string of the molecule is Cc1cc(C)c(NC(=O)c2ccc3cc[nH]c3c2)c(Br)c1. The first-order valence-electron chi connectivity index (χ1n) is 6.70. The second-order valence-corrected chi connectivity index (χ2v) is 6.03. The normalized spacial score (nSPS) is 10.8. The number of aromatic nitrogens is 1. The molecule has 3 nitrogen and oxygen atoms in total. The Bertz CT molecular complexity index is 813. The molecule has 21 heavy (non-hydrogen) atoms. The van der Waals surface area contributed by atoms with Gasteiger partial charge >= 0.3 is 0 Å². The van der Waals surface area contributed by atoms with Gasteiger partial charge in [-0.2, -0.15) is 0 Å². The van der Waals surface area contributed by atoms with Crippen molar-refractivity contribution in [3.05, 3.63) is 63.8 Å². The second-order valence-electron chi connectivity index (χ2n) is 5.17. The van der Waals surface area contributed by atoms with Gasteiger partial charge in [-0.15, -0.1) is 0 Å². The van der Waals surface area contributed by atoms with Gasteiger partial charge < -0.3 is 10.3 Å². The topological polar surface area (TPSA) is 44.9 Å². The highest BCUT2D eigenvalue weighted by Crippen LogP contribution is 2.28. The van der Waals surface area contributed by atoms with Crippen molar-refractivity contribution >= 4 is 38.4 Å². The van der Waals surface area contributed by atoms with Crippen LogP contribution in [-0.4, -0.2) is 10.9 Å². The monoisotopic (exact) mass is 342 g/mol. The van der Waals surface area contributed by atoms with Crippen LogP contribution in [0.5, 0.6) is 0 Å². The molecule has 4 heteroatoms. The van der Waals surface area contributed by atoms with Gasteiger partial charge in [0, 0.05) is 21.7 Å². The zero-order chi connectivity index (χ0) is 15.0. The van der Waals surface area contributed by atoms with Crippen LogP contribution < -0.4 is 5.32 Å². The van der Waals surface area contributed by atoms with Crippen LogP contribution in [0.15, 0.2) is 47.1 Å². The quantitative estimate of drug-likeness (QED) is 0.690. The predicted molar refractivity (Wildman–Crippen MR) is 89.9 cm³/mol. The van der Waals surface area contributed by atoms with Gasteiger partial charge in [0.2, 0.25) is 0 Å². The second kappa shape index (κ2) is 5.37. The highest BCUT2D eigenvalue weighted by Gasteiger charge is 2.11. The van der Waals surface area contributed by atoms with Crippen molar-refractivity contribution in [2.45, 2.75) is 13.8 Å². The third-order valence-corrected chi connectivity index (χ3v) is 4.11. The summed E-state index contributed by atoms with van der Waals surface area (Å²) in [5, 5.41) is 4.08. The Kier molecular flexibility index (Phi) is 3.55. The molecule has 1 heterocycles. The Balaban J connectivity index is 1.92. The van der Waals surface area contributed by atoms with Crippen LogP contribution in [0.3, 0.4) is 0 Å². The van der Waals surface area contributed by atoms with E-state index in [1.54, 1.807) is 0 Å². The summed E-state index contributed by atoms with van der Waals surface area (Å²) in [5.74, 6) is -0.112. The van der Waals surface area contributed by atoms with Crippen LogP contribution in [0.4, 0.5) is 5.69 Å². The van der Waals surface area contributed by atoms with E-state index in [4.69, 9.17) is 0 Å². The number of benzene rings is 2. The van der Waals surface area contributed by atoms with Gasteiger partial charge in [-0.1, -0.05) is 12.1 Å². The largest absolute Gasteiger partial charge is 0.361 e. The molecular weight excluding hydrogens is 328 g/mol. The number of aromatic amines is 1. The number of halogens is 1. The van der Waals surface area contributed by atoms with Gasteiger partial charge in [-0.3, -0.25) is 4.79 Å². The summed E-state index contributed by atoms with van der Waals surface area (Å²) < 4.78 is 0.898. The van der Waals surface area contributed by atoms with Crippen LogP contribution in [0, 0.1) is 13.8 Å². The fourth-order valence-electron chi connectivity index (χ4n) is 2.45. The first kappa shape index (κ1) is 13.9. The number of fused-ring (bicyclic) bond motifs is 1. The summed E-state index contributed by atoms with van der Waals surface area (Å²) >= 11 is 3.51. The standard InChI is InChI=1S/C17H15BrN2O/c1-10-7-11(2)16(14(18)8-10)20-17(21)13-4-3-12-5-6-19-15(12)9-13/h3-9,19H,1-2H3,(H,20,21). The van der Waals surface area contributed by atoms with Crippen LogP contribution in [0.2, 0.25) is 0 Å².